The molecule has 0 radical (unpaired) electrons. The number of benzene rings is 1. The maximum atomic E-state index is 12.0. The van der Waals surface area contributed by atoms with Gasteiger partial charge in [-0.05, 0) is 49.7 Å². The van der Waals surface area contributed by atoms with Crippen LogP contribution in [0.25, 0.3) is 0 Å². The Morgan fingerprint density at radius 1 is 1.29 bits per heavy atom. The van der Waals surface area contributed by atoms with Crippen molar-refractivity contribution in [3.63, 3.8) is 0 Å². The number of nitrogens with one attached hydrogen (secondary N) is 3. The van der Waals surface area contributed by atoms with Crippen molar-refractivity contribution in [2.45, 2.75) is 25.9 Å². The summed E-state index contributed by atoms with van der Waals surface area (Å²) in [7, 11) is 0. The number of carbonyl (C=O) groups is 1. The van der Waals surface area contributed by atoms with Crippen molar-refractivity contribution in [1.29, 1.82) is 0 Å². The molecular weight excluding hydrogens is 422 g/mol. The highest BCUT2D eigenvalue weighted by atomic mass is 79.9. The highest BCUT2D eigenvalue weighted by Gasteiger charge is 2.23. The Balaban J connectivity index is 1.48. The van der Waals surface area contributed by atoms with Gasteiger partial charge in [0.15, 0.2) is 5.96 Å². The lowest BCUT2D eigenvalue weighted by molar-refractivity contribution is -0.119. The van der Waals surface area contributed by atoms with Gasteiger partial charge in [-0.2, -0.15) is 0 Å². The van der Waals surface area contributed by atoms with Crippen LogP contribution in [-0.2, 0) is 11.3 Å². The maximum Gasteiger partial charge on any atom is 0.242 e. The van der Waals surface area contributed by atoms with E-state index in [0.29, 0.717) is 12.5 Å². The first-order valence-electron chi connectivity index (χ1n) is 9.48. The van der Waals surface area contributed by atoms with E-state index < -0.39 is 0 Å². The summed E-state index contributed by atoms with van der Waals surface area (Å²) < 4.78 is 6.29. The number of rotatable bonds is 7. The van der Waals surface area contributed by atoms with Crippen molar-refractivity contribution in [1.82, 2.24) is 16.0 Å². The molecular formula is C20H26BrN5O2. The topological polar surface area (TPSA) is 81.9 Å². The van der Waals surface area contributed by atoms with Gasteiger partial charge >= 0.3 is 0 Å². The minimum absolute atomic E-state index is 0.0686. The lowest BCUT2D eigenvalue weighted by atomic mass is 10.3. The number of nitrogens with zero attached hydrogens (tertiary/aromatic N) is 2. The molecule has 1 fully saturated rings. The second-order valence-corrected chi connectivity index (χ2v) is 7.52. The summed E-state index contributed by atoms with van der Waals surface area (Å²) in [6, 6.07) is 12.3. The molecule has 1 aromatic carbocycles. The smallest absolute Gasteiger partial charge is 0.242 e. The summed E-state index contributed by atoms with van der Waals surface area (Å²) in [4.78, 5) is 18.8. The molecule has 1 aromatic heterocycles. The van der Waals surface area contributed by atoms with E-state index in [4.69, 9.17) is 4.42 Å². The zero-order valence-electron chi connectivity index (χ0n) is 16.0. The average molecular weight is 448 g/mol. The number of furan rings is 1. The minimum Gasteiger partial charge on any atom is -0.467 e. The van der Waals surface area contributed by atoms with E-state index in [1.165, 1.54) is 5.69 Å². The van der Waals surface area contributed by atoms with Gasteiger partial charge in [-0.25, -0.2) is 4.99 Å². The van der Waals surface area contributed by atoms with Crippen LogP contribution in [0, 0.1) is 0 Å². The van der Waals surface area contributed by atoms with Gasteiger partial charge in [0, 0.05) is 35.8 Å². The predicted octanol–water partition coefficient (Wildman–Crippen LogP) is 2.49. The first-order valence-corrected chi connectivity index (χ1v) is 10.3. The minimum atomic E-state index is -0.142. The molecule has 0 aliphatic carbocycles. The molecule has 2 heterocycles. The largest absolute Gasteiger partial charge is 0.467 e. The van der Waals surface area contributed by atoms with E-state index >= 15 is 0 Å². The maximum absolute atomic E-state index is 12.0. The van der Waals surface area contributed by atoms with Gasteiger partial charge in [0.2, 0.25) is 5.91 Å². The molecule has 8 heteroatoms. The summed E-state index contributed by atoms with van der Waals surface area (Å²) in [5.74, 6) is 1.25. The first kappa shape index (κ1) is 20.3. The third-order valence-electron chi connectivity index (χ3n) is 4.49. The van der Waals surface area contributed by atoms with Crippen LogP contribution in [0.2, 0.25) is 0 Å². The number of carbonyl (C=O) groups excluding carboxylic acids is 1. The van der Waals surface area contributed by atoms with E-state index in [0.717, 1.165) is 36.3 Å². The van der Waals surface area contributed by atoms with Gasteiger partial charge in [0.05, 0.1) is 12.8 Å². The summed E-state index contributed by atoms with van der Waals surface area (Å²) in [5, 5.41) is 9.46. The van der Waals surface area contributed by atoms with Gasteiger partial charge in [-0.15, -0.1) is 0 Å². The molecule has 0 spiro atoms. The molecule has 7 nitrogen and oxygen atoms in total. The molecule has 0 saturated carbocycles. The number of aliphatic imine (C=N–C) groups is 1. The summed E-state index contributed by atoms with van der Waals surface area (Å²) in [6.45, 7) is 5.08. The second kappa shape index (κ2) is 10.2. The van der Waals surface area contributed by atoms with Gasteiger partial charge in [-0.3, -0.25) is 4.79 Å². The van der Waals surface area contributed by atoms with Crippen LogP contribution >= 0.6 is 15.9 Å². The Morgan fingerprint density at radius 2 is 2.11 bits per heavy atom. The molecule has 1 aliphatic rings. The van der Waals surface area contributed by atoms with Crippen molar-refractivity contribution in [3.8, 4) is 0 Å². The van der Waals surface area contributed by atoms with Crippen LogP contribution in [0.1, 0.15) is 19.1 Å². The van der Waals surface area contributed by atoms with E-state index in [1.54, 1.807) is 12.3 Å². The molecule has 3 rings (SSSR count). The van der Waals surface area contributed by atoms with E-state index in [2.05, 4.69) is 66.0 Å². The summed E-state index contributed by atoms with van der Waals surface area (Å²) in [5.41, 5.74) is 1.21. The third-order valence-corrected chi connectivity index (χ3v) is 5.01. The van der Waals surface area contributed by atoms with Gasteiger partial charge < -0.3 is 25.3 Å². The van der Waals surface area contributed by atoms with Gasteiger partial charge in [0.25, 0.3) is 0 Å². The molecule has 1 aliphatic heterocycles. The third kappa shape index (κ3) is 6.02. The van der Waals surface area contributed by atoms with Crippen molar-refractivity contribution in [3.05, 3.63) is 52.9 Å². The van der Waals surface area contributed by atoms with Crippen LogP contribution in [0.3, 0.4) is 0 Å². The van der Waals surface area contributed by atoms with Crippen LogP contribution in [0.4, 0.5) is 5.69 Å². The van der Waals surface area contributed by atoms with Crippen molar-refractivity contribution >= 4 is 33.5 Å². The van der Waals surface area contributed by atoms with Crippen molar-refractivity contribution in [2.75, 3.05) is 31.1 Å². The predicted molar refractivity (Wildman–Crippen MR) is 114 cm³/mol. The lowest BCUT2D eigenvalue weighted by Crippen LogP contribution is -2.45. The summed E-state index contributed by atoms with van der Waals surface area (Å²) in [6.07, 6.45) is 2.61. The zero-order valence-corrected chi connectivity index (χ0v) is 17.5. The fourth-order valence-corrected chi connectivity index (χ4v) is 3.35. The molecule has 28 heavy (non-hydrogen) atoms. The number of anilines is 1. The fraction of sp³-hybridized carbons (Fsp3) is 0.400. The van der Waals surface area contributed by atoms with E-state index in [-0.39, 0.29) is 18.5 Å². The van der Waals surface area contributed by atoms with Crippen LogP contribution in [0.15, 0.2) is 56.5 Å². The molecule has 0 bridgehead atoms. The van der Waals surface area contributed by atoms with Gasteiger partial charge in [0.1, 0.15) is 12.3 Å². The molecule has 3 N–H and O–H groups in total. The molecule has 1 unspecified atom stereocenters. The molecule has 1 saturated heterocycles. The highest BCUT2D eigenvalue weighted by molar-refractivity contribution is 9.10. The van der Waals surface area contributed by atoms with Crippen molar-refractivity contribution in [2.24, 2.45) is 4.99 Å². The van der Waals surface area contributed by atoms with Gasteiger partial charge in [-0.1, -0.05) is 15.9 Å². The van der Waals surface area contributed by atoms with Crippen LogP contribution in [-0.4, -0.2) is 44.1 Å². The summed E-state index contributed by atoms with van der Waals surface area (Å²) >= 11 is 3.47. The number of halogens is 1. The SMILES string of the molecule is CCNC(=NCC(=O)NCc1ccco1)NC1CCN(c2ccc(Br)cc2)C1. The van der Waals surface area contributed by atoms with E-state index in [1.807, 2.05) is 13.0 Å². The monoisotopic (exact) mass is 447 g/mol. The normalized spacial score (nSPS) is 16.9. The Kier molecular flexibility index (Phi) is 7.36. The highest BCUT2D eigenvalue weighted by Crippen LogP contribution is 2.22. The second-order valence-electron chi connectivity index (χ2n) is 6.60. The number of guanidine groups is 1. The standard InChI is InChI=1S/C20H26BrN5O2/c1-2-22-20(24-13-19(27)23-12-18-4-3-11-28-18)25-16-9-10-26(14-16)17-7-5-15(21)6-8-17/h3-8,11,16H,2,9-10,12-14H2,1H3,(H,23,27)(H2,22,24,25). The molecule has 1 amide bonds. The quantitative estimate of drug-likeness (QED) is 0.448. The Hall–Kier alpha value is -2.48. The van der Waals surface area contributed by atoms with Crippen LogP contribution in [0.5, 0.6) is 0 Å². The Labute approximate surface area is 173 Å². The van der Waals surface area contributed by atoms with E-state index in [9.17, 15) is 4.79 Å². The number of amides is 1. The number of hydrogen-bond donors (Lipinski definition) is 3. The average Bonchev–Trinajstić information content (AvgIpc) is 3.37. The van der Waals surface area contributed by atoms with Crippen molar-refractivity contribution < 1.29 is 9.21 Å². The Morgan fingerprint density at radius 3 is 2.82 bits per heavy atom. The fourth-order valence-electron chi connectivity index (χ4n) is 3.08. The molecule has 2 aromatic rings. The Bertz CT molecular complexity index is 776. The first-order chi connectivity index (χ1) is 13.6. The molecule has 150 valence electrons. The molecule has 1 atom stereocenters. The van der Waals surface area contributed by atoms with Crippen LogP contribution < -0.4 is 20.9 Å². The number of hydrogen-bond acceptors (Lipinski definition) is 4. The lowest BCUT2D eigenvalue weighted by Gasteiger charge is -2.20. The zero-order chi connectivity index (χ0) is 19.8.